The molecule has 1 fully saturated rings. The molecule has 9 heteroatoms. The van der Waals surface area contributed by atoms with Crippen molar-refractivity contribution in [1.29, 1.82) is 0 Å². The van der Waals surface area contributed by atoms with E-state index in [-0.39, 0.29) is 29.6 Å². The van der Waals surface area contributed by atoms with Gasteiger partial charge in [0.1, 0.15) is 11.3 Å². The third kappa shape index (κ3) is 3.16. The molecule has 0 aliphatic carbocycles. The van der Waals surface area contributed by atoms with Gasteiger partial charge in [0.2, 0.25) is 0 Å². The summed E-state index contributed by atoms with van der Waals surface area (Å²) in [4.78, 5) is 13.0. The van der Waals surface area contributed by atoms with Crippen molar-refractivity contribution in [3.05, 3.63) is 58.4 Å². The Morgan fingerprint density at radius 2 is 2.07 bits per heavy atom. The summed E-state index contributed by atoms with van der Waals surface area (Å²) in [5.74, 6) is -0.327. The zero-order valence-electron chi connectivity index (χ0n) is 16.4. The fraction of sp³-hybridized carbons (Fsp3) is 0.333. The number of hydrogen-bond donors (Lipinski definition) is 0. The smallest absolute Gasteiger partial charge is 0.280 e. The van der Waals surface area contributed by atoms with Crippen LogP contribution in [-0.2, 0) is 22.6 Å². The minimum atomic E-state index is -0.327. The van der Waals surface area contributed by atoms with Gasteiger partial charge in [0.05, 0.1) is 30.5 Å². The van der Waals surface area contributed by atoms with Gasteiger partial charge in [-0.2, -0.15) is 5.10 Å². The summed E-state index contributed by atoms with van der Waals surface area (Å²) in [6.45, 7) is 1.46. The van der Waals surface area contributed by atoms with Crippen LogP contribution in [0, 0.1) is 5.82 Å². The number of methoxy groups -OCH3 is 1. The first-order valence-corrected chi connectivity index (χ1v) is 9.79. The highest BCUT2D eigenvalue weighted by Crippen LogP contribution is 2.29. The maximum atomic E-state index is 13.4. The molecule has 0 spiro atoms. The molecular formula is C21H20FN5O3. The number of ether oxygens (including phenoxy) is 2. The van der Waals surface area contributed by atoms with Crippen molar-refractivity contribution in [1.82, 2.24) is 24.4 Å². The molecule has 154 valence electrons. The normalized spacial score (nSPS) is 16.7. The molecule has 5 rings (SSSR count). The third-order valence-corrected chi connectivity index (χ3v) is 5.36. The molecule has 1 saturated heterocycles. The Labute approximate surface area is 170 Å². The van der Waals surface area contributed by atoms with Crippen molar-refractivity contribution in [3.8, 4) is 11.1 Å². The lowest BCUT2D eigenvalue weighted by Gasteiger charge is -2.12. The van der Waals surface area contributed by atoms with Crippen molar-refractivity contribution in [3.63, 3.8) is 0 Å². The van der Waals surface area contributed by atoms with Gasteiger partial charge in [-0.1, -0.05) is 12.1 Å². The Morgan fingerprint density at radius 1 is 1.23 bits per heavy atom. The van der Waals surface area contributed by atoms with Crippen LogP contribution >= 0.6 is 0 Å². The van der Waals surface area contributed by atoms with Crippen molar-refractivity contribution >= 4 is 16.7 Å². The van der Waals surface area contributed by atoms with Gasteiger partial charge in [0.25, 0.3) is 5.56 Å². The molecule has 0 N–H and O–H groups in total. The molecule has 1 atom stereocenters. The van der Waals surface area contributed by atoms with Gasteiger partial charge in [0, 0.05) is 19.9 Å². The number of aromatic nitrogens is 5. The minimum absolute atomic E-state index is 0.0416. The van der Waals surface area contributed by atoms with Gasteiger partial charge in [-0.25, -0.2) is 8.91 Å². The second kappa shape index (κ2) is 7.58. The van der Waals surface area contributed by atoms with Crippen LogP contribution in [0.4, 0.5) is 4.39 Å². The zero-order valence-corrected chi connectivity index (χ0v) is 16.4. The lowest BCUT2D eigenvalue weighted by molar-refractivity contribution is 0.0963. The molecule has 8 nitrogen and oxygen atoms in total. The van der Waals surface area contributed by atoms with E-state index in [4.69, 9.17) is 9.47 Å². The summed E-state index contributed by atoms with van der Waals surface area (Å²) in [5, 5.41) is 13.1. The Morgan fingerprint density at radius 3 is 2.80 bits per heavy atom. The fourth-order valence-electron chi connectivity index (χ4n) is 3.93. The van der Waals surface area contributed by atoms with E-state index in [0.29, 0.717) is 29.0 Å². The van der Waals surface area contributed by atoms with Crippen molar-refractivity contribution in [2.75, 3.05) is 13.7 Å². The van der Waals surface area contributed by atoms with Crippen LogP contribution in [0.25, 0.3) is 27.8 Å². The number of nitrogens with zero attached hydrogens (tertiary/aromatic N) is 5. The monoisotopic (exact) mass is 409 g/mol. The van der Waals surface area contributed by atoms with Gasteiger partial charge in [-0.15, -0.1) is 10.2 Å². The molecule has 4 aromatic rings. The van der Waals surface area contributed by atoms with Crippen LogP contribution < -0.4 is 5.56 Å². The number of halogens is 1. The molecule has 30 heavy (non-hydrogen) atoms. The molecule has 4 heterocycles. The van der Waals surface area contributed by atoms with Crippen LogP contribution in [0.2, 0.25) is 0 Å². The molecule has 0 unspecified atom stereocenters. The molecular weight excluding hydrogens is 389 g/mol. The van der Waals surface area contributed by atoms with E-state index < -0.39 is 0 Å². The lowest BCUT2D eigenvalue weighted by Crippen LogP contribution is -2.27. The second-order valence-corrected chi connectivity index (χ2v) is 7.34. The number of pyridine rings is 1. The quantitative estimate of drug-likeness (QED) is 0.504. The summed E-state index contributed by atoms with van der Waals surface area (Å²) in [5.41, 5.74) is 3.13. The number of fused-ring (bicyclic) bond motifs is 3. The fourth-order valence-corrected chi connectivity index (χ4v) is 3.93. The Kier molecular flexibility index (Phi) is 4.76. The summed E-state index contributed by atoms with van der Waals surface area (Å²) in [7, 11) is 1.58. The highest BCUT2D eigenvalue weighted by atomic mass is 19.1. The van der Waals surface area contributed by atoms with Gasteiger partial charge < -0.3 is 14.0 Å². The predicted octanol–water partition coefficient (Wildman–Crippen LogP) is 2.57. The average molecular weight is 409 g/mol. The summed E-state index contributed by atoms with van der Waals surface area (Å²) in [6, 6.07) is 7.90. The Hall–Kier alpha value is -3.17. The van der Waals surface area contributed by atoms with Gasteiger partial charge in [0.15, 0.2) is 11.2 Å². The first-order valence-electron chi connectivity index (χ1n) is 9.79. The Bertz CT molecular complexity index is 1280. The predicted molar refractivity (Wildman–Crippen MR) is 108 cm³/mol. The van der Waals surface area contributed by atoms with E-state index in [1.165, 1.54) is 12.1 Å². The first kappa shape index (κ1) is 18.8. The SMILES string of the molecule is COCc1nn2c(nnc3c(=O)n(C[C@H]4CCCO4)ccc32)c1-c1ccc(F)cc1. The molecule has 0 saturated carbocycles. The van der Waals surface area contributed by atoms with E-state index >= 15 is 0 Å². The maximum absolute atomic E-state index is 13.4. The van der Waals surface area contributed by atoms with Gasteiger partial charge in [-0.05, 0) is 36.6 Å². The molecule has 0 amide bonds. The van der Waals surface area contributed by atoms with E-state index in [0.717, 1.165) is 25.0 Å². The topological polar surface area (TPSA) is 83.5 Å². The van der Waals surface area contributed by atoms with Crippen LogP contribution in [0.15, 0.2) is 41.3 Å². The van der Waals surface area contributed by atoms with E-state index in [1.807, 2.05) is 6.07 Å². The van der Waals surface area contributed by atoms with Gasteiger partial charge >= 0.3 is 0 Å². The molecule has 0 bridgehead atoms. The van der Waals surface area contributed by atoms with Crippen LogP contribution in [0.5, 0.6) is 0 Å². The second-order valence-electron chi connectivity index (χ2n) is 7.34. The molecule has 1 aliphatic rings. The summed E-state index contributed by atoms with van der Waals surface area (Å²) >= 11 is 0. The van der Waals surface area contributed by atoms with Crippen LogP contribution in [0.3, 0.4) is 0 Å². The van der Waals surface area contributed by atoms with Crippen molar-refractivity contribution in [2.24, 2.45) is 0 Å². The standard InChI is InChI=1S/C21H20FN5O3/c1-29-12-16-18(13-4-6-14(22)7-5-13)20-24-23-19-17(27(20)25-16)8-9-26(21(19)28)11-15-3-2-10-30-15/h4-9,15H,2-3,10-12H2,1H3/t15-/m1/s1. The minimum Gasteiger partial charge on any atom is -0.378 e. The highest BCUT2D eigenvalue weighted by molar-refractivity contribution is 5.84. The highest BCUT2D eigenvalue weighted by Gasteiger charge is 2.21. The van der Waals surface area contributed by atoms with E-state index in [2.05, 4.69) is 15.3 Å². The first-order chi connectivity index (χ1) is 14.7. The van der Waals surface area contributed by atoms with Crippen molar-refractivity contribution in [2.45, 2.75) is 32.1 Å². The average Bonchev–Trinajstić information content (AvgIpc) is 3.39. The number of hydrogen-bond acceptors (Lipinski definition) is 6. The van der Waals surface area contributed by atoms with E-state index in [9.17, 15) is 9.18 Å². The van der Waals surface area contributed by atoms with Crippen molar-refractivity contribution < 1.29 is 13.9 Å². The lowest BCUT2D eigenvalue weighted by atomic mass is 10.1. The van der Waals surface area contributed by atoms with Crippen LogP contribution in [0.1, 0.15) is 18.5 Å². The van der Waals surface area contributed by atoms with Gasteiger partial charge in [-0.3, -0.25) is 4.79 Å². The molecule has 0 radical (unpaired) electrons. The Balaban J connectivity index is 1.68. The van der Waals surface area contributed by atoms with Crippen LogP contribution in [-0.4, -0.2) is 44.2 Å². The molecule has 1 aromatic carbocycles. The summed E-state index contributed by atoms with van der Waals surface area (Å²) in [6.07, 6.45) is 3.73. The number of benzene rings is 1. The number of rotatable bonds is 5. The maximum Gasteiger partial charge on any atom is 0.280 e. The van der Waals surface area contributed by atoms with E-state index in [1.54, 1.807) is 34.5 Å². The third-order valence-electron chi connectivity index (χ3n) is 5.36. The molecule has 3 aromatic heterocycles. The molecule has 1 aliphatic heterocycles. The zero-order chi connectivity index (χ0) is 20.7. The largest absolute Gasteiger partial charge is 0.378 e. The summed E-state index contributed by atoms with van der Waals surface area (Å²) < 4.78 is 27.6.